The SMILES string of the molecule is CCC[CH2][Sn]([CH2]CCC)([CH2]CCC)[C]1=NC=CC1.CS(=O)(=O)NCC1CCCN(c2ncnc3ccc(-c4ncco4)cc23)C1.CS(=O)(=O)NCC1CCCN(c2ncnc3ccc(Br)cc23)C1. The molecule has 2 atom stereocenters. The van der Waals surface area contributed by atoms with Gasteiger partial charge in [0.15, 0.2) is 0 Å². The van der Waals surface area contributed by atoms with Crippen molar-refractivity contribution in [1.29, 1.82) is 0 Å². The molecule has 15 nitrogen and oxygen atoms in total. The molecule has 8 rings (SSSR count). The fourth-order valence-electron chi connectivity index (χ4n) is 9.51. The zero-order chi connectivity index (χ0) is 48.6. The first-order valence-electron chi connectivity index (χ1n) is 24.4. The van der Waals surface area contributed by atoms with Gasteiger partial charge in [-0.25, -0.2) is 51.2 Å². The summed E-state index contributed by atoms with van der Waals surface area (Å²) in [4.78, 5) is 31.1. The summed E-state index contributed by atoms with van der Waals surface area (Å²) in [6, 6.07) is 11.8. The molecule has 19 heteroatoms. The molecule has 2 saturated heterocycles. The summed E-state index contributed by atoms with van der Waals surface area (Å²) >= 11 is 1.41. The zero-order valence-corrected chi connectivity index (χ0v) is 46.6. The van der Waals surface area contributed by atoms with Gasteiger partial charge in [0.2, 0.25) is 25.9 Å². The molecule has 370 valence electrons. The number of hydrogen-bond acceptors (Lipinski definition) is 13. The Morgan fingerprint density at radius 3 is 1.72 bits per heavy atom. The fraction of sp³-hybridized carbons (Fsp3) is 0.551. The number of fused-ring (bicyclic) bond motifs is 2. The number of benzene rings is 2. The Kier molecular flexibility index (Phi) is 20.6. The van der Waals surface area contributed by atoms with E-state index in [1.165, 1.54) is 57.5 Å². The molecule has 5 aromatic rings. The number of nitrogens with zero attached hydrogens (tertiary/aromatic N) is 8. The number of rotatable bonds is 19. The standard InChI is InChI=1S/C18H21N5O3S.C15H19BrN4O2S.C4H4N.3C4H9.Sn/c1-27(24,25)22-10-13-3-2-7-23(11-13)17-15-9-14(18-19-6-8-26-18)4-5-16(15)20-12-21-17;1-23(21,22)19-8-11-3-2-6-20(9-11)15-13-7-12(16)4-5-14(13)17-10-18-15;1-2-4-5-3-1;3*1-3-4-2;/h4-6,8-9,12-13,22H,2-3,7,10-11H2,1H3;4-5,7,10-11,19H,2-3,6,8-9H2,1H3;1,3H,2H2;3*1,3-4H2,2H3;. The summed E-state index contributed by atoms with van der Waals surface area (Å²) in [5, 5.41) is 1.95. The molecule has 3 aliphatic rings. The molecule has 0 amide bonds. The van der Waals surface area contributed by atoms with Crippen molar-refractivity contribution >= 4 is 91.5 Å². The average Bonchev–Trinajstić information content (AvgIpc) is 4.09. The predicted octanol–water partition coefficient (Wildman–Crippen LogP) is 9.94. The predicted molar refractivity (Wildman–Crippen MR) is 284 cm³/mol. The van der Waals surface area contributed by atoms with Crippen molar-refractivity contribution in [2.24, 2.45) is 16.8 Å². The molecule has 0 saturated carbocycles. The summed E-state index contributed by atoms with van der Waals surface area (Å²) in [5.74, 6) is 2.86. The van der Waals surface area contributed by atoms with Crippen LogP contribution in [-0.4, -0.2) is 116 Å². The summed E-state index contributed by atoms with van der Waals surface area (Å²) in [7, 11) is -6.33. The van der Waals surface area contributed by atoms with Crippen LogP contribution in [0.2, 0.25) is 13.3 Å². The van der Waals surface area contributed by atoms with E-state index in [1.54, 1.807) is 42.2 Å². The first-order valence-corrected chi connectivity index (χ1v) is 36.4. The molecule has 2 unspecified atom stereocenters. The first-order chi connectivity index (χ1) is 32.7. The number of aliphatic imine (C=N–C) groups is 1. The topological polar surface area (TPSA) is 189 Å². The molecule has 3 aromatic heterocycles. The second kappa shape index (κ2) is 26.0. The molecule has 6 heterocycles. The number of sulfonamides is 2. The molecule has 68 heavy (non-hydrogen) atoms. The van der Waals surface area contributed by atoms with Gasteiger partial charge in [0.1, 0.15) is 30.6 Å². The Balaban J connectivity index is 0.000000172. The van der Waals surface area contributed by atoms with Crippen LogP contribution in [0.4, 0.5) is 11.6 Å². The fourth-order valence-corrected chi connectivity index (χ4v) is 27.0. The normalized spacial score (nSPS) is 17.7. The van der Waals surface area contributed by atoms with E-state index in [0.29, 0.717) is 19.0 Å². The molecule has 2 N–H and O–H groups in total. The van der Waals surface area contributed by atoms with E-state index < -0.39 is 38.4 Å². The summed E-state index contributed by atoms with van der Waals surface area (Å²) < 4.78 is 63.4. The second-order valence-corrected chi connectivity index (χ2v) is 36.3. The average molecular weight is 1140 g/mol. The van der Waals surface area contributed by atoms with Gasteiger partial charge in [0, 0.05) is 60.1 Å². The van der Waals surface area contributed by atoms with Crippen LogP contribution in [0.1, 0.15) is 91.4 Å². The number of piperidine rings is 2. The van der Waals surface area contributed by atoms with Crippen LogP contribution in [0.5, 0.6) is 0 Å². The molecule has 0 aliphatic carbocycles. The van der Waals surface area contributed by atoms with E-state index >= 15 is 0 Å². The van der Waals surface area contributed by atoms with Gasteiger partial charge in [-0.2, -0.15) is 0 Å². The van der Waals surface area contributed by atoms with E-state index in [0.717, 1.165) is 95.3 Å². The number of halogens is 1. The molecular formula is C49H71BrN10O5S2Sn. The van der Waals surface area contributed by atoms with Crippen molar-refractivity contribution in [2.45, 2.75) is 105 Å². The summed E-state index contributed by atoms with van der Waals surface area (Å²) in [6.45, 7) is 11.3. The molecule has 0 spiro atoms. The third kappa shape index (κ3) is 16.0. The van der Waals surface area contributed by atoms with E-state index in [1.807, 2.05) is 36.4 Å². The maximum absolute atomic E-state index is 11.4. The van der Waals surface area contributed by atoms with E-state index in [4.69, 9.17) is 9.41 Å². The first kappa shape index (κ1) is 53.8. The number of nitrogens with one attached hydrogen (secondary N) is 2. The number of hydrogen-bond donors (Lipinski definition) is 2. The van der Waals surface area contributed by atoms with Crippen molar-refractivity contribution < 1.29 is 21.3 Å². The third-order valence-electron chi connectivity index (χ3n) is 13.1. The van der Waals surface area contributed by atoms with Crippen LogP contribution in [-0.2, 0) is 20.0 Å². The van der Waals surface area contributed by atoms with Gasteiger partial charge in [-0.3, -0.25) is 0 Å². The van der Waals surface area contributed by atoms with Crippen molar-refractivity contribution in [1.82, 2.24) is 34.4 Å². The minimum atomic E-state index is -3.18. The second-order valence-electron chi connectivity index (χ2n) is 18.5. The molecular weight excluding hydrogens is 1070 g/mol. The van der Waals surface area contributed by atoms with Crippen LogP contribution in [0, 0.1) is 11.8 Å². The van der Waals surface area contributed by atoms with Gasteiger partial charge in [-0.1, -0.05) is 15.9 Å². The smallest absolute Gasteiger partial charge is 0.225 e. The number of allylic oxidation sites excluding steroid dienone is 1. The molecule has 0 bridgehead atoms. The Morgan fingerprint density at radius 1 is 0.721 bits per heavy atom. The molecule has 3 aliphatic heterocycles. The van der Waals surface area contributed by atoms with Crippen LogP contribution in [0.15, 0.2) is 87.7 Å². The van der Waals surface area contributed by atoms with Crippen LogP contribution >= 0.6 is 15.9 Å². The van der Waals surface area contributed by atoms with Crippen molar-refractivity contribution in [3.8, 4) is 11.5 Å². The zero-order valence-electron chi connectivity index (χ0n) is 40.5. The number of anilines is 2. The third-order valence-corrected chi connectivity index (χ3v) is 30.6. The molecule has 2 fully saturated rings. The van der Waals surface area contributed by atoms with Crippen molar-refractivity contribution in [2.75, 3.05) is 61.6 Å². The van der Waals surface area contributed by atoms with Crippen LogP contribution < -0.4 is 19.2 Å². The maximum atomic E-state index is 11.4. The minimum Gasteiger partial charge on any atom is -0.445 e. The van der Waals surface area contributed by atoms with Crippen molar-refractivity contribution in [3.05, 3.63) is 78.3 Å². The number of aromatic nitrogens is 5. The van der Waals surface area contributed by atoms with Crippen LogP contribution in [0.3, 0.4) is 0 Å². The summed E-state index contributed by atoms with van der Waals surface area (Å²) in [5.41, 5.74) is 2.64. The number of oxazole rings is 1. The monoisotopic (exact) mass is 1140 g/mol. The van der Waals surface area contributed by atoms with Gasteiger partial charge in [0.25, 0.3) is 0 Å². The van der Waals surface area contributed by atoms with Gasteiger partial charge in [-0.05, 0) is 73.9 Å². The Hall–Kier alpha value is -3.56. The number of unbranched alkanes of at least 4 members (excludes halogenated alkanes) is 3. The van der Waals surface area contributed by atoms with Gasteiger partial charge < -0.3 is 14.2 Å². The largest absolute Gasteiger partial charge is 0.445 e. The maximum Gasteiger partial charge on any atom is 0.225 e. The van der Waals surface area contributed by atoms with Gasteiger partial charge in [-0.15, -0.1) is 0 Å². The Labute approximate surface area is 417 Å². The summed E-state index contributed by atoms with van der Waals surface area (Å²) in [6.07, 6.45) is 26.7. The minimum absolute atomic E-state index is 0.244. The van der Waals surface area contributed by atoms with Gasteiger partial charge >= 0.3 is 118 Å². The van der Waals surface area contributed by atoms with E-state index in [9.17, 15) is 16.8 Å². The van der Waals surface area contributed by atoms with Crippen molar-refractivity contribution in [3.63, 3.8) is 0 Å². The quantitative estimate of drug-likeness (QED) is 0.0746. The van der Waals surface area contributed by atoms with Gasteiger partial charge in [0.05, 0.1) is 29.7 Å². The molecule has 2 aromatic carbocycles. The molecule has 0 radical (unpaired) electrons. The Morgan fingerprint density at radius 2 is 1.25 bits per heavy atom. The van der Waals surface area contributed by atoms with E-state index in [-0.39, 0.29) is 11.8 Å². The Bertz CT molecular complexity index is 2650. The van der Waals surface area contributed by atoms with Crippen LogP contribution in [0.25, 0.3) is 33.3 Å². The van der Waals surface area contributed by atoms with E-state index in [2.05, 4.69) is 93.1 Å².